The molecular formula is C22H25F3N2O2. The molecule has 0 aliphatic heterocycles. The van der Waals surface area contributed by atoms with Crippen LogP contribution in [0.25, 0.3) is 0 Å². The van der Waals surface area contributed by atoms with Crippen LogP contribution in [0.4, 0.5) is 13.2 Å². The molecule has 29 heavy (non-hydrogen) atoms. The maximum Gasteiger partial charge on any atom is 0.416 e. The average molecular weight is 406 g/mol. The number of nitrogens with one attached hydrogen (secondary N) is 2. The van der Waals surface area contributed by atoms with Crippen molar-refractivity contribution < 1.29 is 22.8 Å². The van der Waals surface area contributed by atoms with E-state index in [1.54, 1.807) is 19.1 Å². The largest absolute Gasteiger partial charge is 0.416 e. The van der Waals surface area contributed by atoms with E-state index < -0.39 is 29.7 Å². The molecule has 2 rings (SSSR count). The minimum Gasteiger partial charge on any atom is -0.348 e. The SMILES string of the molecule is Cc1ccccc1C(=O)N[C@H](C(=O)N[C@H](C)c1ccc(C(F)(F)F)cc1)C(C)C. The fraction of sp³-hybridized carbons (Fsp3) is 0.364. The molecule has 0 saturated heterocycles. The van der Waals surface area contributed by atoms with Crippen molar-refractivity contribution in [1.29, 1.82) is 0 Å². The highest BCUT2D eigenvalue weighted by Crippen LogP contribution is 2.29. The van der Waals surface area contributed by atoms with Gasteiger partial charge in [-0.05, 0) is 49.1 Å². The zero-order valence-corrected chi connectivity index (χ0v) is 16.8. The number of amides is 2. The lowest BCUT2D eigenvalue weighted by atomic mass is 10.0. The number of rotatable bonds is 6. The zero-order chi connectivity index (χ0) is 21.8. The second-order valence-electron chi connectivity index (χ2n) is 7.36. The van der Waals surface area contributed by atoms with Gasteiger partial charge in [0.2, 0.25) is 5.91 Å². The molecule has 2 amide bonds. The van der Waals surface area contributed by atoms with Gasteiger partial charge in [0.1, 0.15) is 6.04 Å². The molecule has 0 unspecified atom stereocenters. The minimum atomic E-state index is -4.41. The number of carbonyl (C=O) groups is 2. The molecule has 0 saturated carbocycles. The van der Waals surface area contributed by atoms with E-state index in [1.807, 2.05) is 32.9 Å². The van der Waals surface area contributed by atoms with E-state index in [1.165, 1.54) is 12.1 Å². The topological polar surface area (TPSA) is 58.2 Å². The van der Waals surface area contributed by atoms with E-state index in [2.05, 4.69) is 10.6 Å². The molecule has 7 heteroatoms. The lowest BCUT2D eigenvalue weighted by Gasteiger charge is -2.24. The first kappa shape index (κ1) is 22.5. The summed E-state index contributed by atoms with van der Waals surface area (Å²) in [7, 11) is 0. The van der Waals surface area contributed by atoms with Crippen LogP contribution in [0, 0.1) is 12.8 Å². The summed E-state index contributed by atoms with van der Waals surface area (Å²) in [5, 5.41) is 5.53. The van der Waals surface area contributed by atoms with Crippen LogP contribution in [0.3, 0.4) is 0 Å². The molecule has 4 nitrogen and oxygen atoms in total. The summed E-state index contributed by atoms with van der Waals surface area (Å²) in [6.07, 6.45) is -4.41. The van der Waals surface area contributed by atoms with Gasteiger partial charge in [-0.3, -0.25) is 9.59 Å². The molecule has 2 aromatic rings. The van der Waals surface area contributed by atoms with Crippen molar-refractivity contribution in [2.45, 2.75) is 46.0 Å². The van der Waals surface area contributed by atoms with Crippen molar-refractivity contribution >= 4 is 11.8 Å². The van der Waals surface area contributed by atoms with Crippen LogP contribution in [0.5, 0.6) is 0 Å². The van der Waals surface area contributed by atoms with Crippen LogP contribution >= 0.6 is 0 Å². The summed E-state index contributed by atoms with van der Waals surface area (Å²) in [4.78, 5) is 25.3. The van der Waals surface area contributed by atoms with E-state index in [0.717, 1.165) is 17.7 Å². The molecule has 0 spiro atoms. The van der Waals surface area contributed by atoms with Crippen molar-refractivity contribution in [1.82, 2.24) is 10.6 Å². The van der Waals surface area contributed by atoms with Crippen LogP contribution in [0.2, 0.25) is 0 Å². The molecule has 0 aliphatic rings. The lowest BCUT2D eigenvalue weighted by molar-refractivity contribution is -0.137. The standard InChI is InChI=1S/C22H25F3N2O2/c1-13(2)19(27-20(28)18-8-6-5-7-14(18)3)21(29)26-15(4)16-9-11-17(12-10-16)22(23,24)25/h5-13,15,19H,1-4H3,(H,26,29)(H,27,28)/t15-,19+/m1/s1. The highest BCUT2D eigenvalue weighted by molar-refractivity contribution is 5.98. The molecule has 2 aromatic carbocycles. The van der Waals surface area contributed by atoms with Crippen LogP contribution in [0.15, 0.2) is 48.5 Å². The van der Waals surface area contributed by atoms with E-state index in [9.17, 15) is 22.8 Å². The fourth-order valence-corrected chi connectivity index (χ4v) is 2.93. The Balaban J connectivity index is 2.09. The van der Waals surface area contributed by atoms with Crippen LogP contribution in [0.1, 0.15) is 53.9 Å². The van der Waals surface area contributed by atoms with Gasteiger partial charge in [-0.2, -0.15) is 13.2 Å². The fourth-order valence-electron chi connectivity index (χ4n) is 2.93. The Morgan fingerprint density at radius 1 is 0.897 bits per heavy atom. The molecule has 0 heterocycles. The van der Waals surface area contributed by atoms with Gasteiger partial charge in [0, 0.05) is 5.56 Å². The summed E-state index contributed by atoms with van der Waals surface area (Å²) in [6, 6.07) is 10.4. The molecule has 0 bridgehead atoms. The number of alkyl halides is 3. The van der Waals surface area contributed by atoms with Gasteiger partial charge in [0.25, 0.3) is 5.91 Å². The third-order valence-corrected chi connectivity index (χ3v) is 4.72. The first-order valence-corrected chi connectivity index (χ1v) is 9.34. The van der Waals surface area contributed by atoms with Crippen molar-refractivity contribution in [3.63, 3.8) is 0 Å². The van der Waals surface area contributed by atoms with Crippen LogP contribution < -0.4 is 10.6 Å². The summed E-state index contributed by atoms with van der Waals surface area (Å²) >= 11 is 0. The minimum absolute atomic E-state index is 0.178. The molecule has 0 radical (unpaired) electrons. The Morgan fingerprint density at radius 2 is 1.48 bits per heavy atom. The maximum atomic E-state index is 12.7. The number of hydrogen-bond donors (Lipinski definition) is 2. The van der Waals surface area contributed by atoms with Gasteiger partial charge in [-0.25, -0.2) is 0 Å². The monoisotopic (exact) mass is 406 g/mol. The first-order chi connectivity index (χ1) is 13.5. The van der Waals surface area contributed by atoms with Gasteiger partial charge in [-0.15, -0.1) is 0 Å². The van der Waals surface area contributed by atoms with E-state index in [-0.39, 0.29) is 11.8 Å². The Bertz CT molecular complexity index is 861. The molecule has 2 N–H and O–H groups in total. The molecule has 156 valence electrons. The maximum absolute atomic E-state index is 12.7. The van der Waals surface area contributed by atoms with Gasteiger partial charge < -0.3 is 10.6 Å². The zero-order valence-electron chi connectivity index (χ0n) is 16.8. The number of aryl methyl sites for hydroxylation is 1. The number of benzene rings is 2. The predicted octanol–water partition coefficient (Wildman–Crippen LogP) is 4.65. The second-order valence-corrected chi connectivity index (χ2v) is 7.36. The quantitative estimate of drug-likeness (QED) is 0.734. The van der Waals surface area contributed by atoms with E-state index in [0.29, 0.717) is 11.1 Å². The number of hydrogen-bond acceptors (Lipinski definition) is 2. The Labute approximate surface area is 168 Å². The van der Waals surface area contributed by atoms with Crippen molar-refractivity contribution in [3.8, 4) is 0 Å². The number of halogens is 3. The molecule has 0 fully saturated rings. The van der Waals surface area contributed by atoms with Crippen LogP contribution in [-0.2, 0) is 11.0 Å². The Morgan fingerprint density at radius 3 is 2.00 bits per heavy atom. The van der Waals surface area contributed by atoms with Gasteiger partial charge in [0.15, 0.2) is 0 Å². The van der Waals surface area contributed by atoms with Gasteiger partial charge >= 0.3 is 6.18 Å². The van der Waals surface area contributed by atoms with Crippen molar-refractivity contribution in [2.75, 3.05) is 0 Å². The third-order valence-electron chi connectivity index (χ3n) is 4.72. The highest BCUT2D eigenvalue weighted by atomic mass is 19.4. The molecule has 2 atom stereocenters. The average Bonchev–Trinajstić information content (AvgIpc) is 2.65. The summed E-state index contributed by atoms with van der Waals surface area (Å²) in [5.41, 5.74) is 1.08. The second kappa shape index (κ2) is 9.11. The summed E-state index contributed by atoms with van der Waals surface area (Å²) in [5.74, 6) is -0.920. The highest BCUT2D eigenvalue weighted by Gasteiger charge is 2.30. The Kier molecular flexibility index (Phi) is 7.06. The summed E-state index contributed by atoms with van der Waals surface area (Å²) < 4.78 is 38.1. The Hall–Kier alpha value is -2.83. The normalized spacial score (nSPS) is 13.7. The van der Waals surface area contributed by atoms with Crippen molar-refractivity contribution in [2.24, 2.45) is 5.92 Å². The van der Waals surface area contributed by atoms with Crippen LogP contribution in [-0.4, -0.2) is 17.9 Å². The number of carbonyl (C=O) groups excluding carboxylic acids is 2. The summed E-state index contributed by atoms with van der Waals surface area (Å²) in [6.45, 7) is 7.11. The lowest BCUT2D eigenvalue weighted by Crippen LogP contribution is -2.50. The third kappa shape index (κ3) is 5.82. The molecule has 0 aliphatic carbocycles. The van der Waals surface area contributed by atoms with Crippen molar-refractivity contribution in [3.05, 3.63) is 70.8 Å². The smallest absolute Gasteiger partial charge is 0.348 e. The first-order valence-electron chi connectivity index (χ1n) is 9.34. The predicted molar refractivity (Wildman–Crippen MR) is 105 cm³/mol. The van der Waals surface area contributed by atoms with E-state index in [4.69, 9.17) is 0 Å². The molecule has 0 aromatic heterocycles. The molecular weight excluding hydrogens is 381 g/mol. The van der Waals surface area contributed by atoms with Gasteiger partial charge in [0.05, 0.1) is 11.6 Å². The van der Waals surface area contributed by atoms with E-state index >= 15 is 0 Å². The van der Waals surface area contributed by atoms with Gasteiger partial charge in [-0.1, -0.05) is 44.2 Å².